The molecule has 0 aliphatic carbocycles. The predicted octanol–water partition coefficient (Wildman–Crippen LogP) is 4.01. The minimum Gasteiger partial charge on any atom is -0.379 e. The molecule has 0 radical (unpaired) electrons. The molecule has 1 aromatic rings. The van der Waals surface area contributed by atoms with Crippen molar-refractivity contribution in [3.63, 3.8) is 0 Å². The molecular weight excluding hydrogens is 268 g/mol. The lowest BCUT2D eigenvalue weighted by Gasteiger charge is -2.06. The van der Waals surface area contributed by atoms with E-state index < -0.39 is 0 Å². The molecule has 0 aliphatic rings. The molecule has 1 rings (SSSR count). The second kappa shape index (κ2) is 11.0. The van der Waals surface area contributed by atoms with Crippen LogP contribution in [0.25, 0.3) is 5.57 Å². The van der Waals surface area contributed by atoms with Crippen molar-refractivity contribution in [3.05, 3.63) is 42.0 Å². The number of ether oxygens (including phenoxy) is 2. The van der Waals surface area contributed by atoms with E-state index in [4.69, 9.17) is 9.47 Å². The largest absolute Gasteiger partial charge is 0.379 e. The van der Waals surface area contributed by atoms with Crippen LogP contribution in [-0.2, 0) is 15.9 Å². The van der Waals surface area contributed by atoms with Crippen LogP contribution >= 0.6 is 12.6 Å². The van der Waals surface area contributed by atoms with E-state index in [1.54, 1.807) is 0 Å². The predicted molar refractivity (Wildman–Crippen MR) is 89.6 cm³/mol. The molecule has 0 N–H and O–H groups in total. The molecule has 2 nitrogen and oxygen atoms in total. The monoisotopic (exact) mass is 294 g/mol. The lowest BCUT2D eigenvalue weighted by atomic mass is 10.1. The third kappa shape index (κ3) is 7.73. The summed E-state index contributed by atoms with van der Waals surface area (Å²) in [6.45, 7) is 8.86. The first-order valence-electron chi connectivity index (χ1n) is 7.25. The number of allylic oxidation sites excluding steroid dienone is 1. The molecule has 112 valence electrons. The van der Waals surface area contributed by atoms with Crippen molar-refractivity contribution in [2.24, 2.45) is 0 Å². The summed E-state index contributed by atoms with van der Waals surface area (Å²) < 4.78 is 11.0. The molecule has 0 aliphatic heterocycles. The Bertz CT molecular complexity index is 373. The van der Waals surface area contributed by atoms with E-state index in [0.717, 1.165) is 43.8 Å². The maximum Gasteiger partial charge on any atom is 0.0700 e. The molecule has 0 aromatic heterocycles. The second-order valence-corrected chi connectivity index (χ2v) is 5.33. The zero-order valence-electron chi connectivity index (χ0n) is 12.4. The first kappa shape index (κ1) is 17.3. The first-order chi connectivity index (χ1) is 9.74. The molecule has 0 saturated carbocycles. The van der Waals surface area contributed by atoms with Gasteiger partial charge in [0.2, 0.25) is 0 Å². The summed E-state index contributed by atoms with van der Waals surface area (Å²) in [4.78, 5) is 0. The van der Waals surface area contributed by atoms with Gasteiger partial charge in [0.1, 0.15) is 0 Å². The van der Waals surface area contributed by atoms with Crippen molar-refractivity contribution >= 4 is 18.2 Å². The van der Waals surface area contributed by atoms with Crippen LogP contribution in [0.3, 0.4) is 0 Å². The molecule has 0 fully saturated rings. The Morgan fingerprint density at radius 2 is 1.65 bits per heavy atom. The Morgan fingerprint density at radius 3 is 2.25 bits per heavy atom. The van der Waals surface area contributed by atoms with Crippen molar-refractivity contribution < 1.29 is 9.47 Å². The first-order valence-corrected chi connectivity index (χ1v) is 7.88. The fourth-order valence-corrected chi connectivity index (χ4v) is 2.01. The second-order valence-electron chi connectivity index (χ2n) is 4.88. The number of hydrogen-bond acceptors (Lipinski definition) is 3. The number of thiol groups is 1. The lowest BCUT2D eigenvalue weighted by molar-refractivity contribution is 0.0479. The van der Waals surface area contributed by atoms with Gasteiger partial charge in [-0.3, -0.25) is 0 Å². The maximum absolute atomic E-state index is 5.56. The smallest absolute Gasteiger partial charge is 0.0700 e. The Labute approximate surface area is 128 Å². The van der Waals surface area contributed by atoms with Crippen LogP contribution in [0.15, 0.2) is 30.8 Å². The SMILES string of the molecule is C=C(C)c1ccc(CCOCCOCCCCS)cc1. The molecule has 0 atom stereocenters. The van der Waals surface area contributed by atoms with Crippen LogP contribution in [0, 0.1) is 0 Å². The Balaban J connectivity index is 2.02. The van der Waals surface area contributed by atoms with Gasteiger partial charge in [0.05, 0.1) is 19.8 Å². The number of hydrogen-bond donors (Lipinski definition) is 1. The average Bonchev–Trinajstić information content (AvgIpc) is 2.46. The van der Waals surface area contributed by atoms with Crippen molar-refractivity contribution in [2.75, 3.05) is 32.2 Å². The fraction of sp³-hybridized carbons (Fsp3) is 0.529. The van der Waals surface area contributed by atoms with Gasteiger partial charge < -0.3 is 9.47 Å². The van der Waals surface area contributed by atoms with Gasteiger partial charge in [-0.1, -0.05) is 36.4 Å². The number of benzene rings is 1. The van der Waals surface area contributed by atoms with Gasteiger partial charge in [0, 0.05) is 6.61 Å². The van der Waals surface area contributed by atoms with Crippen molar-refractivity contribution in [3.8, 4) is 0 Å². The zero-order chi connectivity index (χ0) is 14.6. The maximum atomic E-state index is 5.56. The van der Waals surface area contributed by atoms with E-state index in [2.05, 4.69) is 43.5 Å². The van der Waals surface area contributed by atoms with Crippen LogP contribution in [0.1, 0.15) is 30.9 Å². The standard InChI is InChI=1S/C17H26O2S/c1-15(2)17-7-5-16(6-8-17)9-11-19-13-12-18-10-3-4-14-20/h5-8,20H,1,3-4,9-14H2,2H3. The molecule has 3 heteroatoms. The Morgan fingerprint density at radius 1 is 1.00 bits per heavy atom. The quantitative estimate of drug-likeness (QED) is 0.491. The van der Waals surface area contributed by atoms with E-state index in [1.807, 2.05) is 6.92 Å². The number of rotatable bonds is 11. The van der Waals surface area contributed by atoms with E-state index in [-0.39, 0.29) is 0 Å². The van der Waals surface area contributed by atoms with E-state index in [0.29, 0.717) is 13.2 Å². The molecule has 1 aromatic carbocycles. The fourth-order valence-electron chi connectivity index (χ4n) is 1.78. The third-order valence-corrected chi connectivity index (χ3v) is 3.37. The molecule has 0 heterocycles. The molecule has 20 heavy (non-hydrogen) atoms. The van der Waals surface area contributed by atoms with Crippen LogP contribution in [0.4, 0.5) is 0 Å². The van der Waals surface area contributed by atoms with Crippen LogP contribution in [-0.4, -0.2) is 32.2 Å². The summed E-state index contributed by atoms with van der Waals surface area (Å²) >= 11 is 4.16. The molecule has 0 bridgehead atoms. The van der Waals surface area contributed by atoms with Gasteiger partial charge in [-0.25, -0.2) is 0 Å². The van der Waals surface area contributed by atoms with Crippen LogP contribution in [0.2, 0.25) is 0 Å². The summed E-state index contributed by atoms with van der Waals surface area (Å²) in [5, 5.41) is 0. The summed E-state index contributed by atoms with van der Waals surface area (Å²) in [6.07, 6.45) is 3.14. The van der Waals surface area contributed by atoms with Crippen LogP contribution in [0.5, 0.6) is 0 Å². The highest BCUT2D eigenvalue weighted by Gasteiger charge is 1.96. The molecule has 0 amide bonds. The highest BCUT2D eigenvalue weighted by atomic mass is 32.1. The minimum absolute atomic E-state index is 0.671. The molecule has 0 saturated heterocycles. The zero-order valence-corrected chi connectivity index (χ0v) is 13.3. The van der Waals surface area contributed by atoms with E-state index in [1.165, 1.54) is 11.1 Å². The van der Waals surface area contributed by atoms with Gasteiger partial charge >= 0.3 is 0 Å². The Kier molecular flexibility index (Phi) is 9.46. The highest BCUT2D eigenvalue weighted by molar-refractivity contribution is 7.80. The highest BCUT2D eigenvalue weighted by Crippen LogP contribution is 2.12. The third-order valence-electron chi connectivity index (χ3n) is 3.05. The lowest BCUT2D eigenvalue weighted by Crippen LogP contribution is -2.07. The summed E-state index contributed by atoms with van der Waals surface area (Å²) in [5.74, 6) is 0.935. The molecule has 0 unspecified atom stereocenters. The topological polar surface area (TPSA) is 18.5 Å². The summed E-state index contributed by atoms with van der Waals surface area (Å²) in [6, 6.07) is 8.51. The molecule has 0 spiro atoms. The molecular formula is C17H26O2S. The van der Waals surface area contributed by atoms with Crippen LogP contribution < -0.4 is 0 Å². The van der Waals surface area contributed by atoms with Crippen molar-refractivity contribution in [1.29, 1.82) is 0 Å². The summed E-state index contributed by atoms with van der Waals surface area (Å²) in [7, 11) is 0. The average molecular weight is 294 g/mol. The van der Waals surface area contributed by atoms with Gasteiger partial charge in [0.15, 0.2) is 0 Å². The van der Waals surface area contributed by atoms with Crippen molar-refractivity contribution in [1.82, 2.24) is 0 Å². The minimum atomic E-state index is 0.671. The van der Waals surface area contributed by atoms with E-state index >= 15 is 0 Å². The van der Waals surface area contributed by atoms with Crippen molar-refractivity contribution in [2.45, 2.75) is 26.2 Å². The van der Waals surface area contributed by atoms with E-state index in [9.17, 15) is 0 Å². The number of unbranched alkanes of at least 4 members (excludes halogenated alkanes) is 1. The van der Waals surface area contributed by atoms with Gasteiger partial charge in [-0.2, -0.15) is 12.6 Å². The van der Waals surface area contributed by atoms with Gasteiger partial charge in [0.25, 0.3) is 0 Å². The van der Waals surface area contributed by atoms with Gasteiger partial charge in [-0.15, -0.1) is 0 Å². The van der Waals surface area contributed by atoms with Gasteiger partial charge in [-0.05, 0) is 43.1 Å². The summed E-state index contributed by atoms with van der Waals surface area (Å²) in [5.41, 5.74) is 3.59. The normalized spacial score (nSPS) is 10.7. The Hall–Kier alpha value is -0.770.